The van der Waals surface area contributed by atoms with Crippen LogP contribution in [0.25, 0.3) is 0 Å². The monoisotopic (exact) mass is 290 g/mol. The predicted octanol–water partition coefficient (Wildman–Crippen LogP) is 3.45. The molecule has 2 rings (SSSR count). The Bertz CT molecular complexity index is 588. The van der Waals surface area contributed by atoms with Gasteiger partial charge in [-0.05, 0) is 30.7 Å². The minimum Gasteiger partial charge on any atom is -0.493 e. The Kier molecular flexibility index (Phi) is 4.96. The highest BCUT2D eigenvalue weighted by Gasteiger charge is 2.05. The Morgan fingerprint density at radius 3 is 2.80 bits per heavy atom. The summed E-state index contributed by atoms with van der Waals surface area (Å²) in [5.74, 6) is 0.633. The van der Waals surface area contributed by atoms with E-state index >= 15 is 0 Å². The van der Waals surface area contributed by atoms with Crippen LogP contribution in [-0.4, -0.2) is 17.5 Å². The smallest absolute Gasteiger partial charge is 0.227 e. The Morgan fingerprint density at radius 2 is 2.10 bits per heavy atom. The summed E-state index contributed by atoms with van der Waals surface area (Å²) < 4.78 is 5.46. The van der Waals surface area contributed by atoms with Crippen LogP contribution in [0, 0.1) is 6.92 Å². The minimum absolute atomic E-state index is 0.121. The topological polar surface area (TPSA) is 51.2 Å². The first-order valence-electron chi connectivity index (χ1n) is 6.25. The number of hydrogen-bond acceptors (Lipinski definition) is 3. The van der Waals surface area contributed by atoms with E-state index in [1.54, 1.807) is 6.07 Å². The summed E-state index contributed by atoms with van der Waals surface area (Å²) in [6, 6.07) is 11.2. The predicted molar refractivity (Wildman–Crippen MR) is 79.2 cm³/mol. The molecule has 0 saturated carbocycles. The van der Waals surface area contributed by atoms with Crippen molar-refractivity contribution < 1.29 is 9.53 Å². The molecule has 4 nitrogen and oxygen atoms in total. The molecule has 1 N–H and O–H groups in total. The second-order valence-corrected chi connectivity index (χ2v) is 4.65. The van der Waals surface area contributed by atoms with E-state index < -0.39 is 0 Å². The number of aryl methyl sites for hydroxylation is 1. The van der Waals surface area contributed by atoms with Crippen molar-refractivity contribution in [3.63, 3.8) is 0 Å². The van der Waals surface area contributed by atoms with E-state index in [9.17, 15) is 4.79 Å². The zero-order chi connectivity index (χ0) is 14.4. The molecule has 0 spiro atoms. The van der Waals surface area contributed by atoms with Gasteiger partial charge in [0.25, 0.3) is 0 Å². The molecule has 104 valence electrons. The summed E-state index contributed by atoms with van der Waals surface area (Å²) in [5.41, 5.74) is 1.46. The molecule has 0 aliphatic heterocycles. The molecular weight excluding hydrogens is 276 g/mol. The molecule has 1 amide bonds. The van der Waals surface area contributed by atoms with Crippen molar-refractivity contribution in [3.8, 4) is 5.75 Å². The minimum atomic E-state index is -0.121. The van der Waals surface area contributed by atoms with Crippen LogP contribution < -0.4 is 10.1 Å². The Balaban J connectivity index is 1.79. The molecule has 0 aliphatic rings. The normalized spacial score (nSPS) is 10.1. The summed E-state index contributed by atoms with van der Waals surface area (Å²) in [6.45, 7) is 2.17. The van der Waals surface area contributed by atoms with E-state index in [0.717, 1.165) is 11.3 Å². The number of carbonyl (C=O) groups is 1. The zero-order valence-electron chi connectivity index (χ0n) is 11.1. The molecule has 5 heteroatoms. The maximum Gasteiger partial charge on any atom is 0.227 e. The first-order chi connectivity index (χ1) is 9.65. The summed E-state index contributed by atoms with van der Waals surface area (Å²) in [4.78, 5) is 15.7. The van der Waals surface area contributed by atoms with Crippen LogP contribution in [0.3, 0.4) is 0 Å². The van der Waals surface area contributed by atoms with Crippen molar-refractivity contribution in [3.05, 3.63) is 53.3 Å². The van der Waals surface area contributed by atoms with Crippen LogP contribution in [0.2, 0.25) is 5.15 Å². The number of ether oxygens (including phenoxy) is 1. The molecule has 0 unspecified atom stereocenters. The zero-order valence-corrected chi connectivity index (χ0v) is 11.9. The van der Waals surface area contributed by atoms with Gasteiger partial charge in [0.05, 0.1) is 24.9 Å². The van der Waals surface area contributed by atoms with Gasteiger partial charge in [0.2, 0.25) is 5.91 Å². The van der Waals surface area contributed by atoms with E-state index in [2.05, 4.69) is 10.3 Å². The lowest BCUT2D eigenvalue weighted by Crippen LogP contribution is -2.15. The van der Waals surface area contributed by atoms with Crippen molar-refractivity contribution in [2.24, 2.45) is 0 Å². The van der Waals surface area contributed by atoms with Gasteiger partial charge in [0.15, 0.2) is 0 Å². The van der Waals surface area contributed by atoms with Crippen molar-refractivity contribution in [2.75, 3.05) is 11.9 Å². The lowest BCUT2D eigenvalue weighted by Gasteiger charge is -2.08. The van der Waals surface area contributed by atoms with Gasteiger partial charge in [-0.3, -0.25) is 4.79 Å². The third kappa shape index (κ3) is 4.24. The molecule has 0 aliphatic carbocycles. The molecule has 1 aromatic heterocycles. The molecule has 1 aromatic carbocycles. The van der Waals surface area contributed by atoms with E-state index in [1.165, 1.54) is 6.20 Å². The van der Waals surface area contributed by atoms with Gasteiger partial charge in [-0.25, -0.2) is 4.98 Å². The van der Waals surface area contributed by atoms with Crippen molar-refractivity contribution in [1.82, 2.24) is 4.98 Å². The molecule has 0 atom stereocenters. The number of halogens is 1. The summed E-state index contributed by atoms with van der Waals surface area (Å²) in [6.07, 6.45) is 1.81. The van der Waals surface area contributed by atoms with E-state index in [1.807, 2.05) is 37.3 Å². The van der Waals surface area contributed by atoms with E-state index in [-0.39, 0.29) is 12.3 Å². The fourth-order valence-electron chi connectivity index (χ4n) is 1.63. The van der Waals surface area contributed by atoms with Gasteiger partial charge in [-0.2, -0.15) is 0 Å². The third-order valence-electron chi connectivity index (χ3n) is 2.64. The fraction of sp³-hybridized carbons (Fsp3) is 0.200. The number of benzene rings is 1. The molecular formula is C15H15ClN2O2. The number of para-hydroxylation sites is 1. The van der Waals surface area contributed by atoms with Gasteiger partial charge in [-0.15, -0.1) is 0 Å². The van der Waals surface area contributed by atoms with Crippen LogP contribution in [0.4, 0.5) is 5.69 Å². The number of anilines is 1. The highest BCUT2D eigenvalue weighted by molar-refractivity contribution is 6.30. The molecule has 0 bridgehead atoms. The van der Waals surface area contributed by atoms with E-state index in [0.29, 0.717) is 17.4 Å². The number of pyridine rings is 1. The first kappa shape index (κ1) is 14.3. The summed E-state index contributed by atoms with van der Waals surface area (Å²) in [5, 5.41) is 3.20. The van der Waals surface area contributed by atoms with Crippen LogP contribution in [0.1, 0.15) is 12.0 Å². The molecule has 20 heavy (non-hydrogen) atoms. The quantitative estimate of drug-likeness (QED) is 0.858. The van der Waals surface area contributed by atoms with Gasteiger partial charge in [0, 0.05) is 0 Å². The van der Waals surface area contributed by atoms with Crippen LogP contribution in [0.5, 0.6) is 5.75 Å². The molecule has 1 heterocycles. The highest BCUT2D eigenvalue weighted by atomic mass is 35.5. The average molecular weight is 291 g/mol. The maximum absolute atomic E-state index is 11.7. The Morgan fingerprint density at radius 1 is 1.35 bits per heavy atom. The number of hydrogen-bond donors (Lipinski definition) is 1. The standard InChI is InChI=1S/C15H15ClN2O2/c1-11-9-12(10-17-15(11)16)18-14(19)7-8-20-13-5-3-2-4-6-13/h2-6,9-10H,7-8H2,1H3,(H,18,19). The first-order valence-corrected chi connectivity index (χ1v) is 6.63. The molecule has 0 radical (unpaired) electrons. The number of aromatic nitrogens is 1. The van der Waals surface area contributed by atoms with Crippen molar-refractivity contribution in [2.45, 2.75) is 13.3 Å². The largest absolute Gasteiger partial charge is 0.493 e. The van der Waals surface area contributed by atoms with Crippen LogP contribution in [-0.2, 0) is 4.79 Å². The second kappa shape index (κ2) is 6.91. The van der Waals surface area contributed by atoms with Gasteiger partial charge in [0.1, 0.15) is 10.9 Å². The highest BCUT2D eigenvalue weighted by Crippen LogP contribution is 2.16. The Hall–Kier alpha value is -2.07. The van der Waals surface area contributed by atoms with Crippen molar-refractivity contribution in [1.29, 1.82) is 0 Å². The molecule has 2 aromatic rings. The maximum atomic E-state index is 11.7. The number of rotatable bonds is 5. The number of nitrogens with one attached hydrogen (secondary N) is 1. The second-order valence-electron chi connectivity index (χ2n) is 4.29. The molecule has 0 saturated heterocycles. The summed E-state index contributed by atoms with van der Waals surface area (Å²) >= 11 is 5.82. The molecule has 0 fully saturated rings. The van der Waals surface area contributed by atoms with E-state index in [4.69, 9.17) is 16.3 Å². The van der Waals surface area contributed by atoms with Crippen LogP contribution in [0.15, 0.2) is 42.6 Å². The van der Waals surface area contributed by atoms with Gasteiger partial charge >= 0.3 is 0 Å². The lowest BCUT2D eigenvalue weighted by atomic mass is 10.3. The SMILES string of the molecule is Cc1cc(NC(=O)CCOc2ccccc2)cnc1Cl. The fourth-order valence-corrected chi connectivity index (χ4v) is 1.73. The number of nitrogens with zero attached hydrogens (tertiary/aromatic N) is 1. The number of amides is 1. The van der Waals surface area contributed by atoms with Crippen LogP contribution >= 0.6 is 11.6 Å². The summed E-state index contributed by atoms with van der Waals surface area (Å²) in [7, 11) is 0. The lowest BCUT2D eigenvalue weighted by molar-refractivity contribution is -0.116. The number of carbonyl (C=O) groups excluding carboxylic acids is 1. The average Bonchev–Trinajstić information content (AvgIpc) is 2.44. The Labute approximate surface area is 122 Å². The van der Waals surface area contributed by atoms with Gasteiger partial charge in [-0.1, -0.05) is 29.8 Å². The third-order valence-corrected chi connectivity index (χ3v) is 3.03. The van der Waals surface area contributed by atoms with Gasteiger partial charge < -0.3 is 10.1 Å². The van der Waals surface area contributed by atoms with Crippen molar-refractivity contribution >= 4 is 23.2 Å².